The molecule has 3 rings (SSSR count). The van der Waals surface area contributed by atoms with Gasteiger partial charge in [0.1, 0.15) is 15.8 Å². The van der Waals surface area contributed by atoms with E-state index in [0.717, 1.165) is 29.9 Å². The van der Waals surface area contributed by atoms with Gasteiger partial charge in [-0.25, -0.2) is 0 Å². The summed E-state index contributed by atoms with van der Waals surface area (Å²) < 4.78 is 11.4. The van der Waals surface area contributed by atoms with Crippen molar-refractivity contribution in [2.45, 2.75) is 24.5 Å². The lowest BCUT2D eigenvalue weighted by Gasteiger charge is -2.16. The van der Waals surface area contributed by atoms with Gasteiger partial charge in [-0.3, -0.25) is 9.69 Å². The Labute approximate surface area is 169 Å². The number of ether oxygens (including phenoxy) is 2. The van der Waals surface area contributed by atoms with Crippen LogP contribution in [0.1, 0.15) is 17.5 Å². The minimum absolute atomic E-state index is 0.0861. The Bertz CT molecular complexity index is 810. The molecule has 2 aromatic carbocycles. The number of carbonyl (C=O) groups excluding carboxylic acids is 1. The third-order valence-electron chi connectivity index (χ3n) is 4.59. The second-order valence-corrected chi connectivity index (χ2v) is 8.17. The number of hydrogen-bond acceptors (Lipinski definition) is 5. The van der Waals surface area contributed by atoms with Crippen molar-refractivity contribution in [3.8, 4) is 11.5 Å². The number of thiocarbonyl (C=S) groups is 1. The Hall–Kier alpha value is -2.05. The van der Waals surface area contributed by atoms with Crippen LogP contribution in [0.15, 0.2) is 48.5 Å². The van der Waals surface area contributed by atoms with Crippen LogP contribution in [0, 0.1) is 0 Å². The van der Waals surface area contributed by atoms with Crippen LogP contribution in [-0.4, -0.2) is 41.1 Å². The lowest BCUT2D eigenvalue weighted by atomic mass is 10.1. The molecule has 0 aromatic heterocycles. The van der Waals surface area contributed by atoms with Gasteiger partial charge in [-0.05, 0) is 48.6 Å². The molecule has 0 N–H and O–H groups in total. The second kappa shape index (κ2) is 9.24. The molecular formula is C21H23NO3S2. The molecule has 6 heteroatoms. The van der Waals surface area contributed by atoms with Crippen LogP contribution in [0.25, 0.3) is 0 Å². The highest BCUT2D eigenvalue weighted by Gasteiger charge is 2.36. The maximum Gasteiger partial charge on any atom is 0.241 e. The van der Waals surface area contributed by atoms with Gasteiger partial charge in [0.25, 0.3) is 0 Å². The minimum atomic E-state index is -0.213. The van der Waals surface area contributed by atoms with Crippen molar-refractivity contribution >= 4 is 34.2 Å². The summed E-state index contributed by atoms with van der Waals surface area (Å²) >= 11 is 6.93. The number of hydrogen-bond donors (Lipinski definition) is 0. The third kappa shape index (κ3) is 4.82. The third-order valence-corrected chi connectivity index (χ3v) is 6.17. The zero-order chi connectivity index (χ0) is 19.2. The molecule has 0 aliphatic carbocycles. The zero-order valence-electron chi connectivity index (χ0n) is 15.5. The number of methoxy groups -OCH3 is 2. The van der Waals surface area contributed by atoms with Gasteiger partial charge in [-0.2, -0.15) is 0 Å². The first kappa shape index (κ1) is 19.7. The Kier molecular flexibility index (Phi) is 6.74. The lowest BCUT2D eigenvalue weighted by molar-refractivity contribution is -0.126. The van der Waals surface area contributed by atoms with E-state index in [2.05, 4.69) is 12.1 Å². The first-order chi connectivity index (χ1) is 13.1. The molecule has 1 saturated heterocycles. The van der Waals surface area contributed by atoms with Crippen molar-refractivity contribution in [3.05, 3.63) is 59.7 Å². The standard InChI is InChI=1S/C21H23NO3S2/c1-24-17-10-11-18(25-2)16(13-17)14-19-20(23)22(21(26)27-19)12-6-9-15-7-4-3-5-8-15/h3-5,7-8,10-11,13,19H,6,9,12,14H2,1-2H3/t19-/m1/s1. The van der Waals surface area contributed by atoms with E-state index >= 15 is 0 Å². The molecule has 0 radical (unpaired) electrons. The van der Waals surface area contributed by atoms with Crippen molar-refractivity contribution in [2.75, 3.05) is 20.8 Å². The monoisotopic (exact) mass is 401 g/mol. The molecule has 0 bridgehead atoms. The summed E-state index contributed by atoms with van der Waals surface area (Å²) in [4.78, 5) is 14.6. The largest absolute Gasteiger partial charge is 0.497 e. The SMILES string of the molecule is COc1ccc(OC)c(C[C@H]2SC(=S)N(CCCc3ccccc3)C2=O)c1. The number of thioether (sulfide) groups is 1. The Morgan fingerprint density at radius 2 is 1.89 bits per heavy atom. The Morgan fingerprint density at radius 1 is 1.11 bits per heavy atom. The number of aryl methyl sites for hydroxylation is 1. The summed E-state index contributed by atoms with van der Waals surface area (Å²) in [5.74, 6) is 1.60. The van der Waals surface area contributed by atoms with Crippen molar-refractivity contribution in [1.29, 1.82) is 0 Å². The minimum Gasteiger partial charge on any atom is -0.497 e. The van der Waals surface area contributed by atoms with Gasteiger partial charge < -0.3 is 9.47 Å². The molecule has 0 unspecified atom stereocenters. The van der Waals surface area contributed by atoms with Crippen LogP contribution >= 0.6 is 24.0 Å². The molecule has 1 atom stereocenters. The van der Waals surface area contributed by atoms with Crippen LogP contribution in [0.5, 0.6) is 11.5 Å². The molecule has 1 amide bonds. The van der Waals surface area contributed by atoms with E-state index in [0.29, 0.717) is 17.3 Å². The van der Waals surface area contributed by atoms with Crippen LogP contribution in [0.3, 0.4) is 0 Å². The van der Waals surface area contributed by atoms with Crippen LogP contribution in [-0.2, 0) is 17.6 Å². The maximum atomic E-state index is 12.9. The molecule has 1 aliphatic rings. The summed E-state index contributed by atoms with van der Waals surface area (Å²) in [6, 6.07) is 15.9. The van der Waals surface area contributed by atoms with Gasteiger partial charge in [-0.15, -0.1) is 0 Å². The summed E-state index contributed by atoms with van der Waals surface area (Å²) in [7, 11) is 3.26. The number of rotatable bonds is 8. The number of benzene rings is 2. The van der Waals surface area contributed by atoms with Gasteiger partial charge in [0.2, 0.25) is 5.91 Å². The van der Waals surface area contributed by atoms with E-state index in [1.54, 1.807) is 19.1 Å². The molecule has 1 aliphatic heterocycles. The number of carbonyl (C=O) groups is 1. The maximum absolute atomic E-state index is 12.9. The molecule has 1 fully saturated rings. The summed E-state index contributed by atoms with van der Waals surface area (Å²) in [5, 5.41) is -0.213. The van der Waals surface area contributed by atoms with E-state index in [4.69, 9.17) is 21.7 Å². The smallest absolute Gasteiger partial charge is 0.241 e. The average Bonchev–Trinajstić information content (AvgIpc) is 2.96. The summed E-state index contributed by atoms with van der Waals surface area (Å²) in [5.41, 5.74) is 2.23. The van der Waals surface area contributed by atoms with Crippen molar-refractivity contribution in [3.63, 3.8) is 0 Å². The Morgan fingerprint density at radius 3 is 2.59 bits per heavy atom. The highest BCUT2D eigenvalue weighted by molar-refractivity contribution is 8.24. The van der Waals surface area contributed by atoms with Gasteiger partial charge in [-0.1, -0.05) is 54.3 Å². The van der Waals surface area contributed by atoms with E-state index in [-0.39, 0.29) is 11.2 Å². The molecule has 4 nitrogen and oxygen atoms in total. The van der Waals surface area contributed by atoms with E-state index in [1.807, 2.05) is 36.4 Å². The van der Waals surface area contributed by atoms with Gasteiger partial charge in [0.05, 0.1) is 19.5 Å². The van der Waals surface area contributed by atoms with Crippen LogP contribution in [0.4, 0.5) is 0 Å². The van der Waals surface area contributed by atoms with Crippen LogP contribution in [0.2, 0.25) is 0 Å². The van der Waals surface area contributed by atoms with E-state index < -0.39 is 0 Å². The fraction of sp³-hybridized carbons (Fsp3) is 0.333. The van der Waals surface area contributed by atoms with Crippen molar-refractivity contribution in [2.24, 2.45) is 0 Å². The lowest BCUT2D eigenvalue weighted by Crippen LogP contribution is -2.33. The van der Waals surface area contributed by atoms with Gasteiger partial charge >= 0.3 is 0 Å². The summed E-state index contributed by atoms with van der Waals surface area (Å²) in [6.45, 7) is 0.658. The molecular weight excluding hydrogens is 378 g/mol. The van der Waals surface area contributed by atoms with Gasteiger partial charge in [0.15, 0.2) is 0 Å². The fourth-order valence-electron chi connectivity index (χ4n) is 3.16. The van der Waals surface area contributed by atoms with E-state index in [9.17, 15) is 4.79 Å². The number of amides is 1. The molecule has 0 spiro atoms. The van der Waals surface area contributed by atoms with Crippen molar-refractivity contribution in [1.82, 2.24) is 4.90 Å². The Balaban J connectivity index is 1.62. The fourth-order valence-corrected chi connectivity index (χ4v) is 4.73. The van der Waals surface area contributed by atoms with Crippen molar-refractivity contribution < 1.29 is 14.3 Å². The van der Waals surface area contributed by atoms with Crippen LogP contribution < -0.4 is 9.47 Å². The average molecular weight is 402 g/mol. The highest BCUT2D eigenvalue weighted by atomic mass is 32.2. The second-order valence-electron chi connectivity index (χ2n) is 6.33. The molecule has 2 aromatic rings. The predicted octanol–water partition coefficient (Wildman–Crippen LogP) is 4.11. The topological polar surface area (TPSA) is 38.8 Å². The molecule has 27 heavy (non-hydrogen) atoms. The molecule has 0 saturated carbocycles. The van der Waals surface area contributed by atoms with E-state index in [1.165, 1.54) is 17.3 Å². The quantitative estimate of drug-likeness (QED) is 0.623. The normalized spacial score (nSPS) is 16.7. The number of nitrogens with zero attached hydrogens (tertiary/aromatic N) is 1. The van der Waals surface area contributed by atoms with Gasteiger partial charge in [0, 0.05) is 6.54 Å². The molecule has 142 valence electrons. The first-order valence-corrected chi connectivity index (χ1v) is 10.2. The summed E-state index contributed by atoms with van der Waals surface area (Å²) in [6.07, 6.45) is 2.40. The first-order valence-electron chi connectivity index (χ1n) is 8.89. The molecule has 1 heterocycles. The predicted molar refractivity (Wildman–Crippen MR) is 114 cm³/mol. The zero-order valence-corrected chi connectivity index (χ0v) is 17.1. The highest BCUT2D eigenvalue weighted by Crippen LogP contribution is 2.33.